The molecule has 1 aliphatic rings. The first-order valence-corrected chi connectivity index (χ1v) is 8.39. The minimum atomic E-state index is 0.669. The van der Waals surface area contributed by atoms with Crippen LogP contribution in [0.5, 0.6) is 0 Å². The second-order valence-corrected chi connectivity index (χ2v) is 6.09. The summed E-state index contributed by atoms with van der Waals surface area (Å²) >= 11 is 0. The van der Waals surface area contributed by atoms with Crippen LogP contribution in [0, 0.1) is 0 Å². The van der Waals surface area contributed by atoms with Gasteiger partial charge in [0.05, 0.1) is 0 Å². The third-order valence-corrected chi connectivity index (χ3v) is 4.42. The number of rotatable bonds is 5. The smallest absolute Gasteiger partial charge is 0.161 e. The van der Waals surface area contributed by atoms with Gasteiger partial charge >= 0.3 is 0 Å². The fraction of sp³-hybridized carbons (Fsp3) is 0.444. The first kappa shape index (κ1) is 15.6. The molecule has 3 rings (SSSR count). The summed E-state index contributed by atoms with van der Waals surface area (Å²) in [6, 6.07) is 8.50. The molecular weight excluding hydrogens is 286 g/mol. The Bertz CT molecular complexity index is 670. The van der Waals surface area contributed by atoms with Crippen molar-refractivity contribution in [2.45, 2.75) is 32.6 Å². The summed E-state index contributed by atoms with van der Waals surface area (Å²) in [7, 11) is 2.04. The van der Waals surface area contributed by atoms with Crippen molar-refractivity contribution in [3.05, 3.63) is 36.2 Å². The summed E-state index contributed by atoms with van der Waals surface area (Å²) in [4.78, 5) is 13.2. The molecule has 0 saturated carbocycles. The van der Waals surface area contributed by atoms with E-state index in [-0.39, 0.29) is 0 Å². The number of aromatic nitrogens is 2. The number of benzene rings is 1. The quantitative estimate of drug-likeness (QED) is 0.917. The highest BCUT2D eigenvalue weighted by Gasteiger charge is 2.22. The molecule has 5 heteroatoms. The van der Waals surface area contributed by atoms with Gasteiger partial charge in [-0.1, -0.05) is 31.5 Å². The molecule has 0 fully saturated rings. The summed E-state index contributed by atoms with van der Waals surface area (Å²) in [5, 5.41) is 0. The summed E-state index contributed by atoms with van der Waals surface area (Å²) < 4.78 is 0. The predicted octanol–water partition coefficient (Wildman–Crippen LogP) is 3.38. The van der Waals surface area contributed by atoms with Crippen molar-refractivity contribution in [3.8, 4) is 0 Å². The van der Waals surface area contributed by atoms with E-state index < -0.39 is 0 Å². The second kappa shape index (κ2) is 6.86. The van der Waals surface area contributed by atoms with Gasteiger partial charge in [0.25, 0.3) is 0 Å². The number of hydrogen-bond donors (Lipinski definition) is 1. The lowest BCUT2D eigenvalue weighted by molar-refractivity contribution is 0.750. The van der Waals surface area contributed by atoms with Crippen molar-refractivity contribution in [1.82, 2.24) is 9.97 Å². The Morgan fingerprint density at radius 2 is 2.09 bits per heavy atom. The maximum Gasteiger partial charge on any atom is 0.161 e. The number of aryl methyl sites for hydroxylation is 1. The molecule has 23 heavy (non-hydrogen) atoms. The maximum absolute atomic E-state index is 6.44. The number of nitrogens with two attached hydrogens (primary N) is 1. The molecule has 0 bridgehead atoms. The van der Waals surface area contributed by atoms with E-state index in [1.165, 1.54) is 11.3 Å². The number of fused-ring (bicyclic) bond motifs is 1. The van der Waals surface area contributed by atoms with Gasteiger partial charge in [-0.15, -0.1) is 0 Å². The zero-order valence-corrected chi connectivity index (χ0v) is 14.0. The lowest BCUT2D eigenvalue weighted by Crippen LogP contribution is -2.28. The van der Waals surface area contributed by atoms with Crippen molar-refractivity contribution in [1.29, 1.82) is 0 Å². The van der Waals surface area contributed by atoms with Gasteiger partial charge in [-0.3, -0.25) is 0 Å². The molecule has 1 aromatic carbocycles. The third kappa shape index (κ3) is 3.09. The molecule has 0 unspecified atom stereocenters. The fourth-order valence-corrected chi connectivity index (χ4v) is 3.15. The van der Waals surface area contributed by atoms with Crippen LogP contribution in [-0.4, -0.2) is 30.1 Å². The van der Waals surface area contributed by atoms with Crippen molar-refractivity contribution in [2.24, 2.45) is 0 Å². The maximum atomic E-state index is 6.44. The van der Waals surface area contributed by atoms with Crippen molar-refractivity contribution < 1.29 is 0 Å². The number of nitrogens with zero attached hydrogens (tertiary/aromatic N) is 4. The zero-order chi connectivity index (χ0) is 16.2. The van der Waals surface area contributed by atoms with E-state index in [4.69, 9.17) is 5.73 Å². The topological polar surface area (TPSA) is 58.3 Å². The Morgan fingerprint density at radius 3 is 2.91 bits per heavy atom. The summed E-state index contributed by atoms with van der Waals surface area (Å²) in [6.07, 6.45) is 6.13. The largest absolute Gasteiger partial charge is 0.393 e. The van der Waals surface area contributed by atoms with Crippen LogP contribution < -0.4 is 15.5 Å². The summed E-state index contributed by atoms with van der Waals surface area (Å²) in [5.41, 5.74) is 9.68. The number of hydrogen-bond acceptors (Lipinski definition) is 5. The van der Waals surface area contributed by atoms with E-state index in [9.17, 15) is 0 Å². The molecule has 2 heterocycles. The van der Waals surface area contributed by atoms with Crippen LogP contribution in [-0.2, 0) is 6.42 Å². The zero-order valence-electron chi connectivity index (χ0n) is 14.0. The first-order valence-electron chi connectivity index (χ1n) is 8.39. The van der Waals surface area contributed by atoms with Gasteiger partial charge in [0.1, 0.15) is 12.0 Å². The van der Waals surface area contributed by atoms with Crippen LogP contribution >= 0.6 is 0 Å². The molecule has 1 aliphatic heterocycles. The Morgan fingerprint density at radius 1 is 1.26 bits per heavy atom. The van der Waals surface area contributed by atoms with E-state index in [1.54, 1.807) is 6.33 Å². The molecule has 0 atom stereocenters. The molecule has 0 aliphatic carbocycles. The van der Waals surface area contributed by atoms with Gasteiger partial charge < -0.3 is 15.5 Å². The summed E-state index contributed by atoms with van der Waals surface area (Å²) in [5.74, 6) is 1.65. The number of anilines is 4. The standard InChI is InChI=1S/C18H25N5/c1-3-4-11-22(2)17-16(19)18(21-13-20-17)23-12-7-9-14-8-5-6-10-15(14)23/h5-6,8,10,13H,3-4,7,9,11-12,19H2,1-2H3. The monoisotopic (exact) mass is 311 g/mol. The van der Waals surface area contributed by atoms with E-state index >= 15 is 0 Å². The Labute approximate surface area is 138 Å². The van der Waals surface area contributed by atoms with Crippen molar-refractivity contribution in [2.75, 3.05) is 35.7 Å². The van der Waals surface area contributed by atoms with Crippen molar-refractivity contribution in [3.63, 3.8) is 0 Å². The SMILES string of the molecule is CCCCN(C)c1ncnc(N2CCCc3ccccc32)c1N. The summed E-state index contributed by atoms with van der Waals surface area (Å²) in [6.45, 7) is 4.08. The number of unbranched alkanes of at least 4 members (excludes halogenated alkanes) is 1. The molecule has 1 aromatic heterocycles. The van der Waals surface area contributed by atoms with Crippen LogP contribution in [0.4, 0.5) is 23.0 Å². The molecule has 2 N–H and O–H groups in total. The molecule has 0 amide bonds. The highest BCUT2D eigenvalue weighted by Crippen LogP contribution is 2.37. The predicted molar refractivity (Wildman–Crippen MR) is 96.4 cm³/mol. The van der Waals surface area contributed by atoms with Crippen LogP contribution in [0.15, 0.2) is 30.6 Å². The first-order chi connectivity index (χ1) is 11.2. The number of nitrogen functional groups attached to an aromatic ring is 1. The van der Waals surface area contributed by atoms with E-state index in [1.807, 2.05) is 7.05 Å². The van der Waals surface area contributed by atoms with Gasteiger partial charge in [-0.2, -0.15) is 0 Å². The van der Waals surface area contributed by atoms with Crippen LogP contribution in [0.1, 0.15) is 31.7 Å². The Kier molecular flexibility index (Phi) is 4.65. The van der Waals surface area contributed by atoms with E-state index in [0.29, 0.717) is 5.69 Å². The molecule has 0 saturated heterocycles. The minimum absolute atomic E-state index is 0.669. The number of para-hydroxylation sites is 1. The lowest BCUT2D eigenvalue weighted by Gasteiger charge is -2.32. The van der Waals surface area contributed by atoms with Gasteiger partial charge in [-0.05, 0) is 30.9 Å². The average molecular weight is 311 g/mol. The van der Waals surface area contributed by atoms with Gasteiger partial charge in [0.2, 0.25) is 0 Å². The fourth-order valence-electron chi connectivity index (χ4n) is 3.15. The van der Waals surface area contributed by atoms with Crippen LogP contribution in [0.2, 0.25) is 0 Å². The molecule has 122 valence electrons. The highest BCUT2D eigenvalue weighted by atomic mass is 15.2. The molecular formula is C18H25N5. The Hall–Kier alpha value is -2.30. The molecule has 0 radical (unpaired) electrons. The van der Waals surface area contributed by atoms with Gasteiger partial charge in [0, 0.05) is 25.8 Å². The molecule has 0 spiro atoms. The normalized spacial score (nSPS) is 13.7. The van der Waals surface area contributed by atoms with Crippen LogP contribution in [0.25, 0.3) is 0 Å². The van der Waals surface area contributed by atoms with Gasteiger partial charge in [0.15, 0.2) is 11.6 Å². The van der Waals surface area contributed by atoms with Crippen LogP contribution in [0.3, 0.4) is 0 Å². The third-order valence-electron chi connectivity index (χ3n) is 4.42. The lowest BCUT2D eigenvalue weighted by atomic mass is 10.0. The Balaban J connectivity index is 1.95. The van der Waals surface area contributed by atoms with E-state index in [2.05, 4.69) is 51.0 Å². The van der Waals surface area contributed by atoms with Crippen molar-refractivity contribution >= 4 is 23.0 Å². The average Bonchev–Trinajstić information content (AvgIpc) is 2.59. The highest BCUT2D eigenvalue weighted by molar-refractivity contribution is 5.80. The second-order valence-electron chi connectivity index (χ2n) is 6.09. The van der Waals surface area contributed by atoms with Gasteiger partial charge in [-0.25, -0.2) is 9.97 Å². The molecule has 2 aromatic rings. The molecule has 5 nitrogen and oxygen atoms in total. The van der Waals surface area contributed by atoms with E-state index in [0.717, 1.165) is 50.4 Å². The minimum Gasteiger partial charge on any atom is -0.393 e.